The van der Waals surface area contributed by atoms with E-state index in [1.165, 1.54) is 10.6 Å². The molecule has 3 rings (SSSR count). The molecule has 0 bridgehead atoms. The Morgan fingerprint density at radius 1 is 1.19 bits per heavy atom. The number of piperidine rings is 1. The van der Waals surface area contributed by atoms with Crippen molar-refractivity contribution in [2.24, 2.45) is 0 Å². The Balaban J connectivity index is 1.57. The monoisotopic (exact) mass is 341 g/mol. The van der Waals surface area contributed by atoms with Gasteiger partial charge < -0.3 is 0 Å². The Labute approximate surface area is 138 Å². The number of halogens is 2. The molecule has 0 amide bonds. The van der Waals surface area contributed by atoms with Crippen LogP contribution in [0.5, 0.6) is 0 Å². The van der Waals surface area contributed by atoms with E-state index in [1.807, 2.05) is 19.1 Å². The van der Waals surface area contributed by atoms with E-state index in [-0.39, 0.29) is 0 Å². The standard InChI is InChI=1S/C15H17Cl2N3S/c1-10-18-19-15(21-10)12-4-6-20(7-5-12)9-11-2-3-13(16)14(17)8-11/h2-3,8,12H,4-7,9H2,1H3. The normalized spacial score (nSPS) is 17.3. The molecule has 2 aromatic rings. The van der Waals surface area contributed by atoms with E-state index in [1.54, 1.807) is 11.3 Å². The van der Waals surface area contributed by atoms with Crippen molar-refractivity contribution in [1.82, 2.24) is 15.1 Å². The van der Waals surface area contributed by atoms with Crippen LogP contribution >= 0.6 is 34.5 Å². The molecule has 0 N–H and O–H groups in total. The molecule has 2 heterocycles. The Bertz CT molecular complexity index is 621. The summed E-state index contributed by atoms with van der Waals surface area (Å²) in [6.07, 6.45) is 2.30. The number of likely N-dealkylation sites (tertiary alicyclic amines) is 1. The summed E-state index contributed by atoms with van der Waals surface area (Å²) in [5, 5.41) is 11.9. The molecule has 1 aliphatic heterocycles. The lowest BCUT2D eigenvalue weighted by Crippen LogP contribution is -2.32. The molecular formula is C15H17Cl2N3S. The summed E-state index contributed by atoms with van der Waals surface area (Å²) in [6.45, 7) is 5.12. The highest BCUT2D eigenvalue weighted by Gasteiger charge is 2.23. The van der Waals surface area contributed by atoms with E-state index in [2.05, 4.69) is 21.2 Å². The van der Waals surface area contributed by atoms with Crippen molar-refractivity contribution in [1.29, 1.82) is 0 Å². The maximum Gasteiger partial charge on any atom is 0.120 e. The Kier molecular flexibility index (Phi) is 4.79. The molecule has 112 valence electrons. The SMILES string of the molecule is Cc1nnc(C2CCN(Cc3ccc(Cl)c(Cl)c3)CC2)s1. The van der Waals surface area contributed by atoms with Crippen LogP contribution in [0.3, 0.4) is 0 Å². The lowest BCUT2D eigenvalue weighted by molar-refractivity contribution is 0.204. The summed E-state index contributed by atoms with van der Waals surface area (Å²) in [5.41, 5.74) is 1.22. The number of hydrogen-bond acceptors (Lipinski definition) is 4. The average Bonchev–Trinajstić information content (AvgIpc) is 2.90. The van der Waals surface area contributed by atoms with Crippen LogP contribution in [0.2, 0.25) is 10.0 Å². The van der Waals surface area contributed by atoms with Gasteiger partial charge in [-0.15, -0.1) is 21.5 Å². The van der Waals surface area contributed by atoms with Crippen molar-refractivity contribution in [3.8, 4) is 0 Å². The van der Waals surface area contributed by atoms with Gasteiger partial charge in [-0.25, -0.2) is 0 Å². The third-order valence-corrected chi connectivity index (χ3v) is 5.61. The fourth-order valence-corrected chi connectivity index (χ4v) is 3.90. The topological polar surface area (TPSA) is 29.0 Å². The van der Waals surface area contributed by atoms with Gasteiger partial charge in [0, 0.05) is 12.5 Å². The zero-order chi connectivity index (χ0) is 14.8. The molecule has 0 aliphatic carbocycles. The second-order valence-electron chi connectivity index (χ2n) is 5.46. The summed E-state index contributed by atoms with van der Waals surface area (Å²) >= 11 is 13.8. The van der Waals surface area contributed by atoms with E-state index in [4.69, 9.17) is 23.2 Å². The molecule has 1 aliphatic rings. The van der Waals surface area contributed by atoms with Crippen molar-refractivity contribution in [3.63, 3.8) is 0 Å². The first-order valence-electron chi connectivity index (χ1n) is 7.08. The first kappa shape index (κ1) is 15.2. The number of aryl methyl sites for hydroxylation is 1. The lowest BCUT2D eigenvalue weighted by Gasteiger charge is -2.30. The third kappa shape index (κ3) is 3.75. The van der Waals surface area contributed by atoms with Gasteiger partial charge >= 0.3 is 0 Å². The number of aromatic nitrogens is 2. The van der Waals surface area contributed by atoms with Crippen LogP contribution < -0.4 is 0 Å². The maximum absolute atomic E-state index is 6.07. The number of hydrogen-bond donors (Lipinski definition) is 0. The quantitative estimate of drug-likeness (QED) is 0.820. The van der Waals surface area contributed by atoms with Gasteiger partial charge in [-0.3, -0.25) is 4.90 Å². The van der Waals surface area contributed by atoms with Crippen LogP contribution in [0.1, 0.15) is 34.3 Å². The summed E-state index contributed by atoms with van der Waals surface area (Å²) in [7, 11) is 0. The minimum absolute atomic E-state index is 0.571. The molecule has 0 unspecified atom stereocenters. The molecule has 3 nitrogen and oxygen atoms in total. The van der Waals surface area contributed by atoms with Gasteiger partial charge in [-0.2, -0.15) is 0 Å². The molecule has 0 atom stereocenters. The zero-order valence-corrected chi connectivity index (χ0v) is 14.2. The second-order valence-corrected chi connectivity index (χ2v) is 7.49. The molecule has 0 saturated carbocycles. The lowest BCUT2D eigenvalue weighted by atomic mass is 9.97. The van der Waals surface area contributed by atoms with Crippen LogP contribution in [0.4, 0.5) is 0 Å². The fraction of sp³-hybridized carbons (Fsp3) is 0.467. The number of nitrogens with zero attached hydrogens (tertiary/aromatic N) is 3. The van der Waals surface area contributed by atoms with Crippen LogP contribution in [-0.4, -0.2) is 28.2 Å². The summed E-state index contributed by atoms with van der Waals surface area (Å²) in [5.74, 6) is 0.571. The molecule has 21 heavy (non-hydrogen) atoms. The first-order chi connectivity index (χ1) is 10.1. The summed E-state index contributed by atoms with van der Waals surface area (Å²) < 4.78 is 0. The molecular weight excluding hydrogens is 325 g/mol. The van der Waals surface area contributed by atoms with Crippen molar-refractivity contribution < 1.29 is 0 Å². The van der Waals surface area contributed by atoms with Crippen LogP contribution in [0.25, 0.3) is 0 Å². The molecule has 0 radical (unpaired) electrons. The molecule has 1 fully saturated rings. The van der Waals surface area contributed by atoms with E-state index >= 15 is 0 Å². The Hall–Kier alpha value is -0.680. The summed E-state index contributed by atoms with van der Waals surface area (Å²) in [4.78, 5) is 2.46. The highest BCUT2D eigenvalue weighted by Crippen LogP contribution is 2.31. The van der Waals surface area contributed by atoms with Crippen LogP contribution in [0.15, 0.2) is 18.2 Å². The van der Waals surface area contributed by atoms with Crippen molar-refractivity contribution >= 4 is 34.5 Å². The molecule has 1 aromatic carbocycles. The Morgan fingerprint density at radius 3 is 2.57 bits per heavy atom. The van der Waals surface area contributed by atoms with Gasteiger partial charge in [-0.05, 0) is 50.6 Å². The number of rotatable bonds is 3. The predicted octanol–water partition coefficient (Wildman–Crippen LogP) is 4.53. The second kappa shape index (κ2) is 6.61. The predicted molar refractivity (Wildman–Crippen MR) is 88.4 cm³/mol. The minimum Gasteiger partial charge on any atom is -0.299 e. The van der Waals surface area contributed by atoms with E-state index in [0.717, 1.165) is 37.5 Å². The molecule has 1 aromatic heterocycles. The zero-order valence-electron chi connectivity index (χ0n) is 11.9. The maximum atomic E-state index is 6.07. The van der Waals surface area contributed by atoms with Gasteiger partial charge in [0.05, 0.1) is 10.0 Å². The van der Waals surface area contributed by atoms with Gasteiger partial charge in [0.2, 0.25) is 0 Å². The van der Waals surface area contributed by atoms with Crippen LogP contribution in [-0.2, 0) is 6.54 Å². The fourth-order valence-electron chi connectivity index (χ4n) is 2.71. The van der Waals surface area contributed by atoms with Gasteiger partial charge in [0.15, 0.2) is 0 Å². The van der Waals surface area contributed by atoms with E-state index in [9.17, 15) is 0 Å². The van der Waals surface area contributed by atoms with Crippen LogP contribution in [0, 0.1) is 6.92 Å². The highest BCUT2D eigenvalue weighted by atomic mass is 35.5. The molecule has 1 saturated heterocycles. The highest BCUT2D eigenvalue weighted by molar-refractivity contribution is 7.11. The average molecular weight is 342 g/mol. The largest absolute Gasteiger partial charge is 0.299 e. The number of benzene rings is 1. The molecule has 0 spiro atoms. The summed E-state index contributed by atoms with van der Waals surface area (Å²) in [6, 6.07) is 5.88. The van der Waals surface area contributed by atoms with Gasteiger partial charge in [0.25, 0.3) is 0 Å². The van der Waals surface area contributed by atoms with Crippen molar-refractivity contribution in [3.05, 3.63) is 43.8 Å². The van der Waals surface area contributed by atoms with E-state index in [0.29, 0.717) is 16.0 Å². The first-order valence-corrected chi connectivity index (χ1v) is 8.65. The van der Waals surface area contributed by atoms with Crippen molar-refractivity contribution in [2.75, 3.05) is 13.1 Å². The van der Waals surface area contributed by atoms with E-state index < -0.39 is 0 Å². The van der Waals surface area contributed by atoms with Gasteiger partial charge in [-0.1, -0.05) is 29.3 Å². The smallest absolute Gasteiger partial charge is 0.120 e. The minimum atomic E-state index is 0.571. The van der Waals surface area contributed by atoms with Crippen molar-refractivity contribution in [2.45, 2.75) is 32.2 Å². The third-order valence-electron chi connectivity index (χ3n) is 3.87. The molecule has 6 heteroatoms. The van der Waals surface area contributed by atoms with Gasteiger partial charge in [0.1, 0.15) is 10.0 Å². The Morgan fingerprint density at radius 2 is 1.95 bits per heavy atom.